The summed E-state index contributed by atoms with van der Waals surface area (Å²) in [6.07, 6.45) is 0.914. The molecule has 27 heavy (non-hydrogen) atoms. The summed E-state index contributed by atoms with van der Waals surface area (Å²) in [6.45, 7) is 0.193. The molecule has 0 radical (unpaired) electrons. The van der Waals surface area contributed by atoms with E-state index in [9.17, 15) is 14.0 Å². The number of hydrogen-bond donors (Lipinski definition) is 1. The van der Waals surface area contributed by atoms with E-state index in [1.807, 2.05) is 30.3 Å². The van der Waals surface area contributed by atoms with Gasteiger partial charge in [0.25, 0.3) is 0 Å². The summed E-state index contributed by atoms with van der Waals surface area (Å²) in [4.78, 5) is 23.2. The lowest BCUT2D eigenvalue weighted by Gasteiger charge is -2.13. The van der Waals surface area contributed by atoms with Crippen molar-refractivity contribution in [3.8, 4) is 5.75 Å². The van der Waals surface area contributed by atoms with E-state index in [-0.39, 0.29) is 23.7 Å². The number of hydrogen-bond acceptors (Lipinski definition) is 6. The standard InChI is InChI=1S/C19H17BrFNO5/c1-25-17(23)10-16(19(24)26-2)22-13-8-14(20)18(15(21)9-13)27-11-12-6-4-3-5-7-12/h3-10,22H,11H2,1-2H3/b16-10+. The van der Waals surface area contributed by atoms with E-state index in [1.165, 1.54) is 13.2 Å². The first kappa shape index (κ1) is 20.4. The number of halogens is 2. The lowest BCUT2D eigenvalue weighted by atomic mass is 10.2. The van der Waals surface area contributed by atoms with Crippen LogP contribution < -0.4 is 10.1 Å². The molecule has 8 heteroatoms. The lowest BCUT2D eigenvalue weighted by molar-refractivity contribution is -0.138. The molecule has 0 aliphatic carbocycles. The number of anilines is 1. The van der Waals surface area contributed by atoms with Gasteiger partial charge in [-0.2, -0.15) is 0 Å². The van der Waals surface area contributed by atoms with Crippen LogP contribution in [0.25, 0.3) is 0 Å². The molecule has 0 heterocycles. The van der Waals surface area contributed by atoms with Crippen LogP contribution in [0, 0.1) is 5.82 Å². The molecule has 142 valence electrons. The summed E-state index contributed by atoms with van der Waals surface area (Å²) in [6, 6.07) is 12.0. The van der Waals surface area contributed by atoms with Crippen LogP contribution in [0.5, 0.6) is 5.75 Å². The third-order valence-electron chi connectivity index (χ3n) is 3.37. The second kappa shape index (κ2) is 9.72. The Labute approximate surface area is 164 Å². The maximum atomic E-state index is 14.5. The number of benzene rings is 2. The van der Waals surface area contributed by atoms with Gasteiger partial charge in [-0.15, -0.1) is 0 Å². The van der Waals surface area contributed by atoms with E-state index >= 15 is 0 Å². The number of carbonyl (C=O) groups is 2. The molecule has 0 saturated heterocycles. The Kier molecular flexibility index (Phi) is 7.36. The van der Waals surface area contributed by atoms with Crippen LogP contribution in [0.15, 0.2) is 58.7 Å². The van der Waals surface area contributed by atoms with Gasteiger partial charge in [-0.3, -0.25) is 0 Å². The van der Waals surface area contributed by atoms with E-state index in [0.29, 0.717) is 4.47 Å². The predicted molar refractivity (Wildman–Crippen MR) is 101 cm³/mol. The number of methoxy groups -OCH3 is 2. The van der Waals surface area contributed by atoms with E-state index < -0.39 is 17.8 Å². The number of rotatable bonds is 7. The first-order valence-electron chi connectivity index (χ1n) is 7.75. The fourth-order valence-corrected chi connectivity index (χ4v) is 2.64. The number of ether oxygens (including phenoxy) is 3. The van der Waals surface area contributed by atoms with Gasteiger partial charge in [0.05, 0.1) is 24.8 Å². The molecule has 0 saturated carbocycles. The van der Waals surface area contributed by atoms with Gasteiger partial charge in [-0.05, 0) is 27.6 Å². The molecule has 2 aromatic rings. The SMILES string of the molecule is COC(=O)/C=C(/Nc1cc(F)c(OCc2ccccc2)c(Br)c1)C(=O)OC. The molecule has 0 fully saturated rings. The Morgan fingerprint density at radius 2 is 1.85 bits per heavy atom. The first-order chi connectivity index (χ1) is 12.9. The Hall–Kier alpha value is -2.87. The zero-order chi connectivity index (χ0) is 19.8. The van der Waals surface area contributed by atoms with Crippen LogP contribution in [0.2, 0.25) is 0 Å². The number of nitrogens with one attached hydrogen (secondary N) is 1. The average Bonchev–Trinajstić information content (AvgIpc) is 2.66. The summed E-state index contributed by atoms with van der Waals surface area (Å²) in [5, 5.41) is 2.64. The topological polar surface area (TPSA) is 73.9 Å². The number of esters is 2. The molecule has 1 N–H and O–H groups in total. The van der Waals surface area contributed by atoms with Crippen molar-refractivity contribution in [2.45, 2.75) is 6.61 Å². The highest BCUT2D eigenvalue weighted by atomic mass is 79.9. The molecule has 0 atom stereocenters. The molecule has 2 rings (SSSR count). The fraction of sp³-hybridized carbons (Fsp3) is 0.158. The van der Waals surface area contributed by atoms with Gasteiger partial charge in [0.1, 0.15) is 12.3 Å². The molecule has 0 spiro atoms. The van der Waals surface area contributed by atoms with Crippen molar-refractivity contribution in [3.63, 3.8) is 0 Å². The first-order valence-corrected chi connectivity index (χ1v) is 8.54. The molecule has 6 nitrogen and oxygen atoms in total. The van der Waals surface area contributed by atoms with Crippen LogP contribution in [-0.4, -0.2) is 26.2 Å². The van der Waals surface area contributed by atoms with Crippen molar-refractivity contribution >= 4 is 33.6 Å². The minimum Gasteiger partial charge on any atom is -0.485 e. The molecular formula is C19H17BrFNO5. The van der Waals surface area contributed by atoms with Crippen LogP contribution in [0.1, 0.15) is 5.56 Å². The van der Waals surface area contributed by atoms with Gasteiger partial charge < -0.3 is 19.5 Å². The second-order valence-corrected chi connectivity index (χ2v) is 6.10. The van der Waals surface area contributed by atoms with Crippen LogP contribution in [-0.2, 0) is 25.7 Å². The van der Waals surface area contributed by atoms with E-state index in [0.717, 1.165) is 24.8 Å². The van der Waals surface area contributed by atoms with Crippen molar-refractivity contribution in [3.05, 3.63) is 70.1 Å². The van der Waals surface area contributed by atoms with Crippen molar-refractivity contribution in [2.24, 2.45) is 0 Å². The minimum atomic E-state index is -0.804. The summed E-state index contributed by atoms with van der Waals surface area (Å²) < 4.78 is 29.4. The maximum absolute atomic E-state index is 14.5. The minimum absolute atomic E-state index is 0.0287. The normalized spacial score (nSPS) is 10.9. The monoisotopic (exact) mass is 437 g/mol. The van der Waals surface area contributed by atoms with Crippen LogP contribution >= 0.6 is 15.9 Å². The average molecular weight is 438 g/mol. The third kappa shape index (κ3) is 5.82. The highest BCUT2D eigenvalue weighted by molar-refractivity contribution is 9.10. The Bertz CT molecular complexity index is 831. The van der Waals surface area contributed by atoms with E-state index in [1.54, 1.807) is 0 Å². The van der Waals surface area contributed by atoms with Crippen molar-refractivity contribution in [1.29, 1.82) is 0 Å². The Balaban J connectivity index is 2.20. The summed E-state index contributed by atoms with van der Waals surface area (Å²) in [5.41, 5.74) is 0.903. The van der Waals surface area contributed by atoms with E-state index in [4.69, 9.17) is 4.74 Å². The summed E-state index contributed by atoms with van der Waals surface area (Å²) >= 11 is 3.25. The highest BCUT2D eigenvalue weighted by Crippen LogP contribution is 2.32. The predicted octanol–water partition coefficient (Wildman–Crippen LogP) is 3.81. The van der Waals surface area contributed by atoms with Gasteiger partial charge in [-0.25, -0.2) is 14.0 Å². The summed E-state index contributed by atoms with van der Waals surface area (Å²) in [7, 11) is 2.33. The van der Waals surface area contributed by atoms with Gasteiger partial charge >= 0.3 is 11.9 Å². The zero-order valence-corrected chi connectivity index (χ0v) is 16.2. The Morgan fingerprint density at radius 3 is 2.44 bits per heavy atom. The van der Waals surface area contributed by atoms with E-state index in [2.05, 4.69) is 30.7 Å². The highest BCUT2D eigenvalue weighted by Gasteiger charge is 2.16. The summed E-state index contributed by atoms with van der Waals surface area (Å²) in [5.74, 6) is -2.18. The van der Waals surface area contributed by atoms with Crippen LogP contribution in [0.4, 0.5) is 10.1 Å². The third-order valence-corrected chi connectivity index (χ3v) is 3.96. The largest absolute Gasteiger partial charge is 0.485 e. The van der Waals surface area contributed by atoms with Gasteiger partial charge in [0, 0.05) is 11.8 Å². The Morgan fingerprint density at radius 1 is 1.15 bits per heavy atom. The van der Waals surface area contributed by atoms with Gasteiger partial charge in [0.15, 0.2) is 11.6 Å². The van der Waals surface area contributed by atoms with Crippen molar-refractivity contribution in [2.75, 3.05) is 19.5 Å². The van der Waals surface area contributed by atoms with Crippen molar-refractivity contribution < 1.29 is 28.2 Å². The maximum Gasteiger partial charge on any atom is 0.354 e. The molecule has 0 aliphatic rings. The zero-order valence-electron chi connectivity index (χ0n) is 14.6. The quantitative estimate of drug-likeness (QED) is 0.524. The molecule has 0 unspecified atom stereocenters. The number of carbonyl (C=O) groups excluding carboxylic acids is 2. The van der Waals surface area contributed by atoms with Gasteiger partial charge in [0.2, 0.25) is 0 Å². The fourth-order valence-electron chi connectivity index (χ4n) is 2.09. The molecule has 0 amide bonds. The van der Waals surface area contributed by atoms with Crippen LogP contribution in [0.3, 0.4) is 0 Å². The second-order valence-electron chi connectivity index (χ2n) is 5.24. The van der Waals surface area contributed by atoms with Gasteiger partial charge in [-0.1, -0.05) is 30.3 Å². The molecule has 0 aliphatic heterocycles. The molecule has 0 aromatic heterocycles. The van der Waals surface area contributed by atoms with Crippen molar-refractivity contribution in [1.82, 2.24) is 0 Å². The molecular weight excluding hydrogens is 421 g/mol. The molecule has 2 aromatic carbocycles. The smallest absolute Gasteiger partial charge is 0.354 e. The lowest BCUT2D eigenvalue weighted by Crippen LogP contribution is -2.15. The molecule has 0 bridgehead atoms.